The van der Waals surface area contributed by atoms with Crippen molar-refractivity contribution < 1.29 is 4.92 Å². The zero-order valence-corrected chi connectivity index (χ0v) is 10.8. The quantitative estimate of drug-likeness (QED) is 0.652. The average Bonchev–Trinajstić information content (AvgIpc) is 3.11. The molecule has 0 spiro atoms. The molecule has 3 aliphatic rings. The van der Waals surface area contributed by atoms with Crippen molar-refractivity contribution in [3.8, 4) is 0 Å². The van der Waals surface area contributed by atoms with Gasteiger partial charge >= 0.3 is 0 Å². The van der Waals surface area contributed by atoms with Crippen molar-refractivity contribution in [3.05, 3.63) is 33.9 Å². The van der Waals surface area contributed by atoms with Crippen molar-refractivity contribution in [3.63, 3.8) is 0 Å². The van der Waals surface area contributed by atoms with Gasteiger partial charge in [0.25, 0.3) is 5.69 Å². The number of nitrogens with zero attached hydrogens (tertiary/aromatic N) is 1. The average molecular weight is 258 g/mol. The maximum Gasteiger partial charge on any atom is 0.292 e. The van der Waals surface area contributed by atoms with Crippen LogP contribution < -0.4 is 5.32 Å². The monoisotopic (exact) mass is 258 g/mol. The minimum Gasteiger partial charge on any atom is -0.379 e. The van der Waals surface area contributed by atoms with Crippen molar-refractivity contribution in [1.29, 1.82) is 0 Å². The number of benzene rings is 1. The van der Waals surface area contributed by atoms with Crippen molar-refractivity contribution >= 4 is 11.4 Å². The minimum absolute atomic E-state index is 0.239. The third-order valence-corrected chi connectivity index (χ3v) is 5.48. The molecule has 1 aliphatic heterocycles. The highest BCUT2D eigenvalue weighted by atomic mass is 16.6. The number of hydrogen-bond donors (Lipinski definition) is 1. The van der Waals surface area contributed by atoms with Crippen LogP contribution in [0.5, 0.6) is 0 Å². The van der Waals surface area contributed by atoms with Crippen LogP contribution in [0.2, 0.25) is 0 Å². The first-order valence-electron chi connectivity index (χ1n) is 7.25. The van der Waals surface area contributed by atoms with Gasteiger partial charge in [0, 0.05) is 18.5 Å². The van der Waals surface area contributed by atoms with Crippen LogP contribution >= 0.6 is 0 Å². The maximum absolute atomic E-state index is 11.1. The summed E-state index contributed by atoms with van der Waals surface area (Å²) in [6, 6.07) is 5.53. The summed E-state index contributed by atoms with van der Waals surface area (Å²) in [5.74, 6) is 3.03. The van der Waals surface area contributed by atoms with E-state index in [1.807, 2.05) is 6.07 Å². The molecule has 4 nitrogen and oxygen atoms in total. The second-order valence-corrected chi connectivity index (χ2v) is 6.32. The van der Waals surface area contributed by atoms with Crippen LogP contribution in [-0.2, 0) is 0 Å². The Morgan fingerprint density at radius 2 is 2.16 bits per heavy atom. The van der Waals surface area contributed by atoms with Gasteiger partial charge in [-0.1, -0.05) is 18.6 Å². The number of hydrogen-bond acceptors (Lipinski definition) is 3. The SMILES string of the molecule is O=[N+]([O-])c1cccc2c1NCC2C1CC2CCC1C2. The molecule has 1 aromatic rings. The number of rotatable bonds is 2. The molecule has 2 saturated carbocycles. The standard InChI is InChI=1S/C15H18N2O2/c18-17(19)14-3-1-2-11-13(8-16-15(11)14)12-7-9-4-5-10(12)6-9/h1-3,9-10,12-13,16H,4-8H2. The lowest BCUT2D eigenvalue weighted by molar-refractivity contribution is -0.383. The molecule has 4 heteroatoms. The fourth-order valence-corrected chi connectivity index (χ4v) is 4.70. The lowest BCUT2D eigenvalue weighted by atomic mass is 9.77. The number of anilines is 1. The van der Waals surface area contributed by atoms with E-state index >= 15 is 0 Å². The zero-order valence-electron chi connectivity index (χ0n) is 10.8. The number of fused-ring (bicyclic) bond motifs is 3. The van der Waals surface area contributed by atoms with Crippen LogP contribution in [0.1, 0.15) is 37.2 Å². The van der Waals surface area contributed by atoms with E-state index in [2.05, 4.69) is 11.4 Å². The predicted molar refractivity (Wildman–Crippen MR) is 73.3 cm³/mol. The molecule has 2 aliphatic carbocycles. The van der Waals surface area contributed by atoms with E-state index in [-0.39, 0.29) is 10.6 Å². The normalized spacial score (nSPS) is 35.2. The van der Waals surface area contributed by atoms with Crippen LogP contribution in [-0.4, -0.2) is 11.5 Å². The summed E-state index contributed by atoms with van der Waals surface area (Å²) in [6.45, 7) is 0.883. The summed E-state index contributed by atoms with van der Waals surface area (Å²) in [5.41, 5.74) is 2.20. The molecular weight excluding hydrogens is 240 g/mol. The molecule has 4 rings (SSSR count). The summed E-state index contributed by atoms with van der Waals surface area (Å²) in [5, 5.41) is 14.4. The van der Waals surface area contributed by atoms with E-state index in [1.54, 1.807) is 6.07 Å². The molecule has 1 N–H and O–H groups in total. The first-order valence-corrected chi connectivity index (χ1v) is 7.25. The second-order valence-electron chi connectivity index (χ2n) is 6.32. The van der Waals surface area contributed by atoms with Gasteiger partial charge in [-0.15, -0.1) is 0 Å². The maximum atomic E-state index is 11.1. The molecule has 4 atom stereocenters. The summed E-state index contributed by atoms with van der Waals surface area (Å²) in [6.07, 6.45) is 5.50. The van der Waals surface area contributed by atoms with E-state index < -0.39 is 0 Å². The van der Waals surface area contributed by atoms with E-state index in [0.717, 1.165) is 30.0 Å². The van der Waals surface area contributed by atoms with Crippen LogP contribution in [0.4, 0.5) is 11.4 Å². The third-order valence-electron chi connectivity index (χ3n) is 5.48. The topological polar surface area (TPSA) is 55.2 Å². The molecule has 4 unspecified atom stereocenters. The van der Waals surface area contributed by atoms with Crippen molar-refractivity contribution in [2.45, 2.75) is 31.6 Å². The Morgan fingerprint density at radius 3 is 2.84 bits per heavy atom. The molecule has 0 aromatic heterocycles. The van der Waals surface area contributed by atoms with Gasteiger partial charge in [0.05, 0.1) is 4.92 Å². The Morgan fingerprint density at radius 1 is 1.26 bits per heavy atom. The van der Waals surface area contributed by atoms with Gasteiger partial charge in [-0.25, -0.2) is 0 Å². The highest BCUT2D eigenvalue weighted by Gasteiger charge is 2.45. The fraction of sp³-hybridized carbons (Fsp3) is 0.600. The van der Waals surface area contributed by atoms with Crippen molar-refractivity contribution in [1.82, 2.24) is 0 Å². The summed E-state index contributed by atoms with van der Waals surface area (Å²) >= 11 is 0. The molecule has 19 heavy (non-hydrogen) atoms. The van der Waals surface area contributed by atoms with Crippen molar-refractivity contribution in [2.24, 2.45) is 17.8 Å². The Balaban J connectivity index is 1.69. The zero-order chi connectivity index (χ0) is 13.0. The van der Waals surface area contributed by atoms with Crippen molar-refractivity contribution in [2.75, 3.05) is 11.9 Å². The Hall–Kier alpha value is -1.58. The van der Waals surface area contributed by atoms with Gasteiger partial charge in [-0.3, -0.25) is 10.1 Å². The summed E-state index contributed by atoms with van der Waals surface area (Å²) < 4.78 is 0. The molecule has 1 heterocycles. The smallest absolute Gasteiger partial charge is 0.292 e. The molecule has 2 fully saturated rings. The predicted octanol–water partition coefficient (Wildman–Crippen LogP) is 3.54. The van der Waals surface area contributed by atoms with Gasteiger partial charge in [-0.05, 0) is 42.6 Å². The Bertz CT molecular complexity index is 543. The molecule has 0 amide bonds. The Kier molecular flexibility index (Phi) is 2.34. The fourth-order valence-electron chi connectivity index (χ4n) is 4.70. The Labute approximate surface area is 112 Å². The van der Waals surface area contributed by atoms with Gasteiger partial charge in [0.1, 0.15) is 5.69 Å². The van der Waals surface area contributed by atoms with E-state index in [1.165, 1.54) is 31.2 Å². The van der Waals surface area contributed by atoms with Gasteiger partial charge < -0.3 is 5.32 Å². The highest BCUT2D eigenvalue weighted by Crippen LogP contribution is 2.55. The van der Waals surface area contributed by atoms with Crippen LogP contribution in [0.3, 0.4) is 0 Å². The number of nitro benzene ring substituents is 1. The summed E-state index contributed by atoms with van der Waals surface area (Å²) in [4.78, 5) is 10.8. The first kappa shape index (κ1) is 11.3. The molecule has 2 bridgehead atoms. The number of nitrogens with one attached hydrogen (secondary N) is 1. The number of para-hydroxylation sites is 1. The van der Waals surface area contributed by atoms with Crippen LogP contribution in [0.15, 0.2) is 18.2 Å². The molecule has 0 saturated heterocycles. The van der Waals surface area contributed by atoms with Crippen LogP contribution in [0, 0.1) is 27.9 Å². The number of nitro groups is 1. The van der Waals surface area contributed by atoms with Gasteiger partial charge in [0.2, 0.25) is 0 Å². The van der Waals surface area contributed by atoms with Gasteiger partial charge in [0.15, 0.2) is 0 Å². The highest BCUT2D eigenvalue weighted by molar-refractivity contribution is 5.70. The second kappa shape index (κ2) is 3.95. The minimum atomic E-state index is -0.269. The molecular formula is C15H18N2O2. The summed E-state index contributed by atoms with van der Waals surface area (Å²) in [7, 11) is 0. The van der Waals surface area contributed by atoms with E-state index in [4.69, 9.17) is 0 Å². The molecule has 0 radical (unpaired) electrons. The largest absolute Gasteiger partial charge is 0.379 e. The first-order chi connectivity index (χ1) is 9.24. The molecule has 100 valence electrons. The lowest BCUT2D eigenvalue weighted by Crippen LogP contribution is -2.20. The molecule has 1 aromatic carbocycles. The van der Waals surface area contributed by atoms with E-state index in [0.29, 0.717) is 5.92 Å². The van der Waals surface area contributed by atoms with Crippen LogP contribution in [0.25, 0.3) is 0 Å². The van der Waals surface area contributed by atoms with Gasteiger partial charge in [-0.2, -0.15) is 0 Å². The third kappa shape index (κ3) is 1.58. The lowest BCUT2D eigenvalue weighted by Gasteiger charge is -2.27. The van der Waals surface area contributed by atoms with E-state index in [9.17, 15) is 10.1 Å².